The van der Waals surface area contributed by atoms with Gasteiger partial charge in [-0.15, -0.1) is 0 Å². The normalized spacial score (nSPS) is 48.0. The summed E-state index contributed by atoms with van der Waals surface area (Å²) in [7, 11) is 0. The smallest absolute Gasteiger partial charge is 0.179 e. The summed E-state index contributed by atoms with van der Waals surface area (Å²) >= 11 is 0. The molecule has 1 aromatic heterocycles. The molecule has 154 valence electrons. The Labute approximate surface area is 174 Å². The summed E-state index contributed by atoms with van der Waals surface area (Å²) in [5.41, 5.74) is 4.62. The molecule has 6 atom stereocenters. The minimum Gasteiger partial charge on any atom is -0.335 e. The lowest BCUT2D eigenvalue weighted by atomic mass is 9.55. The van der Waals surface area contributed by atoms with E-state index in [1.54, 1.807) is 0 Å². The highest BCUT2D eigenvalue weighted by molar-refractivity contribution is 5.96. The number of piperidine rings is 3. The number of hydrogen-bond donors (Lipinski definition) is 0. The largest absolute Gasteiger partial charge is 0.335 e. The van der Waals surface area contributed by atoms with Crippen LogP contribution in [0, 0.1) is 11.3 Å². The van der Waals surface area contributed by atoms with Crippen molar-refractivity contribution in [3.63, 3.8) is 0 Å². The van der Waals surface area contributed by atoms with Crippen LogP contribution < -0.4 is 0 Å². The average Bonchev–Trinajstić information content (AvgIpc) is 3.20. The summed E-state index contributed by atoms with van der Waals surface area (Å²) in [6.45, 7) is 7.37. The number of carbonyl (C=O) groups is 1. The number of hydrogen-bond acceptors (Lipinski definition) is 2. The first kappa shape index (κ1) is 17.3. The highest BCUT2D eigenvalue weighted by atomic mass is 16.1. The lowest BCUT2D eigenvalue weighted by Crippen LogP contribution is -2.68. The number of carbonyl (C=O) groups excluding carboxylic acids is 1. The summed E-state index contributed by atoms with van der Waals surface area (Å²) in [4.78, 5) is 15.7. The van der Waals surface area contributed by atoms with Gasteiger partial charge >= 0.3 is 0 Å². The third kappa shape index (κ3) is 1.81. The molecule has 7 rings (SSSR count). The van der Waals surface area contributed by atoms with Crippen molar-refractivity contribution in [3.8, 4) is 0 Å². The highest BCUT2D eigenvalue weighted by Gasteiger charge is 2.73. The van der Waals surface area contributed by atoms with Gasteiger partial charge in [0.2, 0.25) is 0 Å². The average molecular weight is 391 g/mol. The molecule has 4 saturated heterocycles. The second kappa shape index (κ2) is 5.28. The van der Waals surface area contributed by atoms with Crippen LogP contribution in [0.15, 0.2) is 18.7 Å². The minimum atomic E-state index is 0.220. The van der Waals surface area contributed by atoms with Crippen LogP contribution in [0.3, 0.4) is 0 Å². The predicted molar refractivity (Wildman–Crippen MR) is 115 cm³/mol. The SMILES string of the molecule is C=C1c2ccc3n2[C@@H](CCC3=O)CC12CC13CCCC4CC(C)CC2(CCC1)N43. The maximum atomic E-state index is 12.5. The molecule has 2 bridgehead atoms. The van der Waals surface area contributed by atoms with Crippen LogP contribution in [-0.4, -0.2) is 32.4 Å². The molecule has 0 aromatic carbocycles. The van der Waals surface area contributed by atoms with Crippen molar-refractivity contribution >= 4 is 11.4 Å². The molecule has 6 aliphatic heterocycles. The van der Waals surface area contributed by atoms with Gasteiger partial charge in [-0.3, -0.25) is 9.69 Å². The Kier molecular flexibility index (Phi) is 3.15. The zero-order valence-electron chi connectivity index (χ0n) is 17.9. The molecule has 0 aliphatic carbocycles. The van der Waals surface area contributed by atoms with Gasteiger partial charge in [0, 0.05) is 40.7 Å². The quantitative estimate of drug-likeness (QED) is 0.563. The molecule has 29 heavy (non-hydrogen) atoms. The van der Waals surface area contributed by atoms with Crippen LogP contribution in [-0.2, 0) is 0 Å². The number of aromatic nitrogens is 1. The second-order valence-electron chi connectivity index (χ2n) is 11.6. The van der Waals surface area contributed by atoms with Gasteiger partial charge in [-0.1, -0.05) is 19.9 Å². The molecule has 6 aliphatic rings. The van der Waals surface area contributed by atoms with E-state index >= 15 is 0 Å². The Bertz CT molecular complexity index is 941. The van der Waals surface area contributed by atoms with Crippen molar-refractivity contribution in [2.24, 2.45) is 11.3 Å². The first-order valence-corrected chi connectivity index (χ1v) is 12.2. The Morgan fingerprint density at radius 3 is 2.76 bits per heavy atom. The molecule has 3 heteroatoms. The molecule has 7 heterocycles. The Morgan fingerprint density at radius 2 is 1.86 bits per heavy atom. The van der Waals surface area contributed by atoms with Crippen molar-refractivity contribution in [1.82, 2.24) is 9.47 Å². The zero-order chi connectivity index (χ0) is 19.6. The lowest BCUT2D eigenvalue weighted by molar-refractivity contribution is -0.129. The van der Waals surface area contributed by atoms with E-state index in [0.717, 1.165) is 30.5 Å². The van der Waals surface area contributed by atoms with Crippen LogP contribution in [0.1, 0.15) is 106 Å². The predicted octanol–water partition coefficient (Wildman–Crippen LogP) is 5.76. The molecular formula is C26H34N2O. The van der Waals surface area contributed by atoms with Crippen LogP contribution in [0.4, 0.5) is 0 Å². The highest BCUT2D eigenvalue weighted by Crippen LogP contribution is 2.74. The Hall–Kier alpha value is -1.35. The molecule has 0 saturated carbocycles. The number of rotatable bonds is 0. The fraction of sp³-hybridized carbons (Fsp3) is 0.731. The molecule has 1 aromatic rings. The van der Waals surface area contributed by atoms with Gasteiger partial charge in [0.05, 0.1) is 5.69 Å². The molecule has 0 N–H and O–H groups in total. The van der Waals surface area contributed by atoms with E-state index in [-0.39, 0.29) is 5.41 Å². The third-order valence-electron chi connectivity index (χ3n) is 10.4. The van der Waals surface area contributed by atoms with E-state index in [1.807, 2.05) is 0 Å². The molecule has 0 amide bonds. The fourth-order valence-corrected chi connectivity index (χ4v) is 9.87. The van der Waals surface area contributed by atoms with Crippen LogP contribution in [0.5, 0.6) is 0 Å². The van der Waals surface area contributed by atoms with Crippen molar-refractivity contribution in [1.29, 1.82) is 0 Å². The second-order valence-corrected chi connectivity index (χ2v) is 11.6. The number of ketones is 1. The van der Waals surface area contributed by atoms with Crippen molar-refractivity contribution in [2.75, 3.05) is 0 Å². The van der Waals surface area contributed by atoms with Gasteiger partial charge in [0.15, 0.2) is 5.78 Å². The zero-order valence-corrected chi connectivity index (χ0v) is 17.9. The summed E-state index contributed by atoms with van der Waals surface area (Å²) < 4.78 is 2.40. The topological polar surface area (TPSA) is 25.2 Å². The van der Waals surface area contributed by atoms with Crippen LogP contribution >= 0.6 is 0 Å². The van der Waals surface area contributed by atoms with Gasteiger partial charge in [0.1, 0.15) is 0 Å². The summed E-state index contributed by atoms with van der Waals surface area (Å²) in [6, 6.07) is 5.65. The molecule has 3 nitrogen and oxygen atoms in total. The molecule has 1 spiro atoms. The summed E-state index contributed by atoms with van der Waals surface area (Å²) in [5, 5.41) is 0. The fourth-order valence-electron chi connectivity index (χ4n) is 9.87. The van der Waals surface area contributed by atoms with E-state index in [9.17, 15) is 4.79 Å². The first-order chi connectivity index (χ1) is 14.0. The van der Waals surface area contributed by atoms with E-state index in [0.29, 0.717) is 22.9 Å². The van der Waals surface area contributed by atoms with E-state index in [1.165, 1.54) is 75.5 Å². The lowest BCUT2D eigenvalue weighted by Gasteiger charge is -2.64. The Balaban J connectivity index is 1.46. The van der Waals surface area contributed by atoms with E-state index in [4.69, 9.17) is 6.58 Å². The third-order valence-corrected chi connectivity index (χ3v) is 10.4. The van der Waals surface area contributed by atoms with Gasteiger partial charge in [0.25, 0.3) is 0 Å². The van der Waals surface area contributed by atoms with Gasteiger partial charge in [-0.25, -0.2) is 0 Å². The molecule has 0 radical (unpaired) electrons. The molecule has 5 unspecified atom stereocenters. The van der Waals surface area contributed by atoms with E-state index in [2.05, 4.69) is 28.5 Å². The van der Waals surface area contributed by atoms with Crippen molar-refractivity contribution < 1.29 is 4.79 Å². The summed E-state index contributed by atoms with van der Waals surface area (Å²) in [5.74, 6) is 1.16. The van der Waals surface area contributed by atoms with Crippen LogP contribution in [0.2, 0.25) is 0 Å². The minimum absolute atomic E-state index is 0.220. The maximum Gasteiger partial charge on any atom is 0.179 e. The van der Waals surface area contributed by atoms with Gasteiger partial charge < -0.3 is 4.57 Å². The van der Waals surface area contributed by atoms with Gasteiger partial charge in [-0.05, 0) is 87.8 Å². The first-order valence-electron chi connectivity index (χ1n) is 12.2. The Morgan fingerprint density at radius 1 is 1.03 bits per heavy atom. The van der Waals surface area contributed by atoms with Crippen molar-refractivity contribution in [2.45, 2.75) is 107 Å². The van der Waals surface area contributed by atoms with Gasteiger partial charge in [-0.2, -0.15) is 0 Å². The molecule has 4 fully saturated rings. The van der Waals surface area contributed by atoms with E-state index < -0.39 is 0 Å². The van der Waals surface area contributed by atoms with Crippen LogP contribution in [0.25, 0.3) is 5.57 Å². The van der Waals surface area contributed by atoms with Crippen molar-refractivity contribution in [3.05, 3.63) is 30.1 Å². The summed E-state index contributed by atoms with van der Waals surface area (Å²) in [6.07, 6.45) is 15.5. The standard InChI is InChI=1S/C26H34N2O/c1-17-13-19-5-3-10-24-11-4-12-26(14-17,28(19)24)25(16-24)15-20-6-9-23(29)22-8-7-21(18(25)2)27(20)22/h7-8,17,19-20H,2-6,9-16H2,1H3/t17?,19?,20-,24?,25?,26?/m0/s1. The molecular weight excluding hydrogens is 356 g/mol. The number of Topliss-reactive ketones (excluding diaryl/α,β-unsaturated/α-hetero) is 1. The maximum absolute atomic E-state index is 12.5. The monoisotopic (exact) mass is 390 g/mol. The number of nitrogens with zero attached hydrogens (tertiary/aromatic N) is 2.